The highest BCUT2D eigenvalue weighted by Gasteiger charge is 2.39. The predicted molar refractivity (Wildman–Crippen MR) is 83.2 cm³/mol. The summed E-state index contributed by atoms with van der Waals surface area (Å²) in [6.07, 6.45) is 1.39. The maximum Gasteiger partial charge on any atom is 0.336 e. The molecule has 0 aliphatic rings. The highest BCUT2D eigenvalue weighted by Crippen LogP contribution is 2.25. The van der Waals surface area contributed by atoms with Gasteiger partial charge < -0.3 is 19.2 Å². The van der Waals surface area contributed by atoms with Crippen LogP contribution in [-0.2, 0) is 15.1 Å². The van der Waals surface area contributed by atoms with Crippen molar-refractivity contribution in [2.45, 2.75) is 19.4 Å². The molecule has 0 unspecified atom stereocenters. The molecule has 0 aliphatic carbocycles. The van der Waals surface area contributed by atoms with Gasteiger partial charge in [-0.2, -0.15) is 0 Å². The number of carbonyl (C=O) groups is 2. The lowest BCUT2D eigenvalue weighted by Crippen LogP contribution is -2.50. The fourth-order valence-corrected chi connectivity index (χ4v) is 2.14. The number of hydrogen-bond donors (Lipinski definition) is 1. The predicted octanol–water partition coefficient (Wildman–Crippen LogP) is 2.50. The van der Waals surface area contributed by atoms with Crippen molar-refractivity contribution in [2.75, 3.05) is 13.7 Å². The number of amides is 1. The van der Waals surface area contributed by atoms with E-state index in [0.717, 1.165) is 0 Å². The molecule has 0 saturated carbocycles. The van der Waals surface area contributed by atoms with Crippen molar-refractivity contribution in [1.82, 2.24) is 5.32 Å². The Balaban J connectivity index is 2.34. The smallest absolute Gasteiger partial charge is 0.336 e. The normalized spacial score (nSPS) is 13.0. The molecule has 0 fully saturated rings. The van der Waals surface area contributed by atoms with Crippen LogP contribution in [-0.4, -0.2) is 25.6 Å². The largest absolute Gasteiger partial charge is 0.497 e. The molecule has 0 saturated heterocycles. The van der Waals surface area contributed by atoms with E-state index in [-0.39, 0.29) is 12.4 Å². The summed E-state index contributed by atoms with van der Waals surface area (Å²) in [7, 11) is 1.55. The molecule has 0 aliphatic heterocycles. The maximum atomic E-state index is 12.4. The van der Waals surface area contributed by atoms with Crippen molar-refractivity contribution in [3.8, 4) is 5.75 Å². The first-order valence-corrected chi connectivity index (χ1v) is 7.19. The van der Waals surface area contributed by atoms with Gasteiger partial charge in [-0.15, -0.1) is 0 Å². The average Bonchev–Trinajstić information content (AvgIpc) is 3.09. The van der Waals surface area contributed by atoms with E-state index < -0.39 is 17.4 Å². The molecule has 1 heterocycles. The van der Waals surface area contributed by atoms with Crippen LogP contribution in [0.5, 0.6) is 5.75 Å². The third kappa shape index (κ3) is 3.53. The van der Waals surface area contributed by atoms with E-state index in [2.05, 4.69) is 5.32 Å². The van der Waals surface area contributed by atoms with Crippen LogP contribution < -0.4 is 10.1 Å². The Hall–Kier alpha value is -2.76. The minimum absolute atomic E-state index is 0.119. The van der Waals surface area contributed by atoms with Gasteiger partial charge in [-0.1, -0.05) is 12.1 Å². The summed E-state index contributed by atoms with van der Waals surface area (Å²) in [5.74, 6) is -0.280. The Kier molecular flexibility index (Phi) is 5.05. The second-order valence-electron chi connectivity index (χ2n) is 5.01. The Labute approximate surface area is 134 Å². The van der Waals surface area contributed by atoms with Gasteiger partial charge >= 0.3 is 5.97 Å². The maximum absolute atomic E-state index is 12.4. The number of furan rings is 1. The van der Waals surface area contributed by atoms with Crippen molar-refractivity contribution in [1.29, 1.82) is 0 Å². The third-order valence-corrected chi connectivity index (χ3v) is 3.46. The zero-order valence-electron chi connectivity index (χ0n) is 13.3. The van der Waals surface area contributed by atoms with Gasteiger partial charge in [0.05, 0.1) is 20.0 Å². The van der Waals surface area contributed by atoms with Gasteiger partial charge in [-0.3, -0.25) is 4.79 Å². The molecule has 1 atom stereocenters. The number of methoxy groups -OCH3 is 1. The lowest BCUT2D eigenvalue weighted by molar-refractivity contribution is -0.150. The molecule has 23 heavy (non-hydrogen) atoms. The minimum atomic E-state index is -1.34. The Morgan fingerprint density at radius 2 is 1.91 bits per heavy atom. The van der Waals surface area contributed by atoms with Crippen LogP contribution in [0.1, 0.15) is 30.0 Å². The van der Waals surface area contributed by atoms with Crippen molar-refractivity contribution >= 4 is 11.9 Å². The summed E-state index contributed by atoms with van der Waals surface area (Å²) in [6.45, 7) is 3.51. The molecular weight excluding hydrogens is 298 g/mol. The Morgan fingerprint density at radius 3 is 2.43 bits per heavy atom. The number of benzene rings is 1. The van der Waals surface area contributed by atoms with Crippen LogP contribution in [0.25, 0.3) is 0 Å². The molecule has 122 valence electrons. The van der Waals surface area contributed by atoms with Gasteiger partial charge in [0.25, 0.3) is 5.91 Å². The van der Waals surface area contributed by atoms with E-state index in [0.29, 0.717) is 11.3 Å². The molecular formula is C17H19NO5. The lowest BCUT2D eigenvalue weighted by Gasteiger charge is -2.28. The second-order valence-corrected chi connectivity index (χ2v) is 5.01. The Bertz CT molecular complexity index is 663. The fraction of sp³-hybridized carbons (Fsp3) is 0.294. The molecule has 1 aromatic carbocycles. The summed E-state index contributed by atoms with van der Waals surface area (Å²) in [5.41, 5.74) is -0.761. The molecule has 1 N–H and O–H groups in total. The van der Waals surface area contributed by atoms with E-state index in [1.54, 1.807) is 51.3 Å². The van der Waals surface area contributed by atoms with Crippen molar-refractivity contribution in [3.05, 3.63) is 54.0 Å². The number of rotatable bonds is 6. The van der Waals surface area contributed by atoms with Gasteiger partial charge in [0.2, 0.25) is 0 Å². The molecule has 6 nitrogen and oxygen atoms in total. The van der Waals surface area contributed by atoms with E-state index in [4.69, 9.17) is 13.9 Å². The van der Waals surface area contributed by atoms with E-state index in [1.165, 1.54) is 12.3 Å². The zero-order chi connectivity index (χ0) is 16.9. The highest BCUT2D eigenvalue weighted by molar-refractivity contribution is 5.96. The molecule has 0 radical (unpaired) electrons. The zero-order valence-corrected chi connectivity index (χ0v) is 13.3. The molecule has 1 amide bonds. The SMILES string of the molecule is CCOC(=O)[C@](C)(NC(=O)c1ccco1)c1ccc(OC)cc1. The first-order valence-electron chi connectivity index (χ1n) is 7.19. The minimum Gasteiger partial charge on any atom is -0.497 e. The van der Waals surface area contributed by atoms with Crippen LogP contribution in [0.3, 0.4) is 0 Å². The molecule has 2 aromatic rings. The summed E-state index contributed by atoms with van der Waals surface area (Å²) in [6, 6.07) is 9.97. The highest BCUT2D eigenvalue weighted by atomic mass is 16.5. The van der Waals surface area contributed by atoms with E-state index >= 15 is 0 Å². The quantitative estimate of drug-likeness (QED) is 0.828. The van der Waals surface area contributed by atoms with Crippen LogP contribution >= 0.6 is 0 Å². The standard InChI is InChI=1S/C17H19NO5/c1-4-22-16(20)17(2,12-7-9-13(21-3)10-8-12)18-15(19)14-6-5-11-23-14/h5-11H,4H2,1-3H3,(H,18,19)/t17-/m1/s1. The van der Waals surface area contributed by atoms with Gasteiger partial charge in [-0.05, 0) is 43.7 Å². The first-order chi connectivity index (χ1) is 11.0. The van der Waals surface area contributed by atoms with Gasteiger partial charge in [0.15, 0.2) is 11.3 Å². The number of esters is 1. The van der Waals surface area contributed by atoms with E-state index in [9.17, 15) is 9.59 Å². The van der Waals surface area contributed by atoms with Crippen molar-refractivity contribution < 1.29 is 23.5 Å². The Morgan fingerprint density at radius 1 is 1.22 bits per heavy atom. The number of hydrogen-bond acceptors (Lipinski definition) is 5. The summed E-state index contributed by atoms with van der Waals surface area (Å²) >= 11 is 0. The summed E-state index contributed by atoms with van der Waals surface area (Å²) in [4.78, 5) is 24.7. The van der Waals surface area contributed by atoms with E-state index in [1.807, 2.05) is 0 Å². The average molecular weight is 317 g/mol. The number of nitrogens with one attached hydrogen (secondary N) is 1. The topological polar surface area (TPSA) is 77.8 Å². The first kappa shape index (κ1) is 16.6. The van der Waals surface area contributed by atoms with Crippen molar-refractivity contribution in [3.63, 3.8) is 0 Å². The van der Waals surface area contributed by atoms with Crippen LogP contribution in [0.15, 0.2) is 47.1 Å². The number of ether oxygens (including phenoxy) is 2. The van der Waals surface area contributed by atoms with Gasteiger partial charge in [-0.25, -0.2) is 4.79 Å². The van der Waals surface area contributed by atoms with Crippen molar-refractivity contribution in [2.24, 2.45) is 0 Å². The third-order valence-electron chi connectivity index (χ3n) is 3.46. The lowest BCUT2D eigenvalue weighted by atomic mass is 9.91. The van der Waals surface area contributed by atoms with Gasteiger partial charge in [0, 0.05) is 0 Å². The molecule has 0 spiro atoms. The second kappa shape index (κ2) is 7.00. The van der Waals surface area contributed by atoms with Crippen LogP contribution in [0.2, 0.25) is 0 Å². The fourth-order valence-electron chi connectivity index (χ4n) is 2.14. The number of carbonyl (C=O) groups excluding carboxylic acids is 2. The summed E-state index contributed by atoms with van der Waals surface area (Å²) < 4.78 is 15.3. The monoisotopic (exact) mass is 317 g/mol. The molecule has 6 heteroatoms. The molecule has 1 aromatic heterocycles. The molecule has 0 bridgehead atoms. The summed E-state index contributed by atoms with van der Waals surface area (Å²) in [5, 5.41) is 2.69. The van der Waals surface area contributed by atoms with Crippen LogP contribution in [0.4, 0.5) is 0 Å². The van der Waals surface area contributed by atoms with Gasteiger partial charge in [0.1, 0.15) is 5.75 Å². The van der Waals surface area contributed by atoms with Crippen LogP contribution in [0, 0.1) is 0 Å². The molecule has 2 rings (SSSR count).